The molecular formula is C17H18BrNO4S2. The van der Waals surface area contributed by atoms with Crippen LogP contribution < -0.4 is 0 Å². The average Bonchev–Trinajstić information content (AvgIpc) is 3.15. The number of halogens is 1. The lowest BCUT2D eigenvalue weighted by molar-refractivity contribution is -0.151. The van der Waals surface area contributed by atoms with Gasteiger partial charge in [0.1, 0.15) is 10.8 Å². The second-order valence-electron chi connectivity index (χ2n) is 5.87. The van der Waals surface area contributed by atoms with Crippen LogP contribution in [-0.4, -0.2) is 31.8 Å². The van der Waals surface area contributed by atoms with Gasteiger partial charge in [-0.3, -0.25) is 4.79 Å². The minimum atomic E-state index is -3.52. The van der Waals surface area contributed by atoms with E-state index < -0.39 is 15.9 Å². The third kappa shape index (κ3) is 4.49. The Hall–Kier alpha value is -1.22. The number of esters is 1. The highest BCUT2D eigenvalue weighted by atomic mass is 79.9. The van der Waals surface area contributed by atoms with Gasteiger partial charge in [0.2, 0.25) is 0 Å². The highest BCUT2D eigenvalue weighted by Crippen LogP contribution is 2.27. The Labute approximate surface area is 159 Å². The molecule has 3 rings (SSSR count). The fraction of sp³-hybridized carbons (Fsp3) is 0.353. The zero-order valence-corrected chi connectivity index (χ0v) is 16.6. The second-order valence-corrected chi connectivity index (χ2v) is 9.90. The zero-order chi connectivity index (χ0) is 17.9. The Morgan fingerprint density at radius 2 is 2.16 bits per heavy atom. The molecule has 1 aromatic carbocycles. The summed E-state index contributed by atoms with van der Waals surface area (Å²) in [6.45, 7) is 0.805. The zero-order valence-electron chi connectivity index (χ0n) is 13.4. The van der Waals surface area contributed by atoms with Gasteiger partial charge < -0.3 is 4.74 Å². The van der Waals surface area contributed by atoms with Gasteiger partial charge in [0.25, 0.3) is 10.0 Å². The van der Waals surface area contributed by atoms with Crippen LogP contribution in [-0.2, 0) is 26.2 Å². The van der Waals surface area contributed by atoms with E-state index in [-0.39, 0.29) is 19.1 Å². The molecule has 0 saturated carbocycles. The van der Waals surface area contributed by atoms with Crippen LogP contribution in [0.15, 0.2) is 50.5 Å². The van der Waals surface area contributed by atoms with E-state index in [1.54, 1.807) is 17.5 Å². The standard InChI is InChI=1S/C17H18BrNO4S2/c18-15-6-1-4-13(10-15)12-23-17(20)14-5-2-8-19(11-14)25(21,22)16-7-3-9-24-16/h1,3-4,6-7,9-10,14H,2,5,8,11-12H2. The highest BCUT2D eigenvalue weighted by Gasteiger charge is 2.34. The fourth-order valence-electron chi connectivity index (χ4n) is 2.79. The Balaban J connectivity index is 1.62. The number of piperidine rings is 1. The summed E-state index contributed by atoms with van der Waals surface area (Å²) in [6, 6.07) is 10.9. The SMILES string of the molecule is O=C(OCc1cccc(Br)c1)C1CCCN(S(=O)(=O)c2cccs2)C1. The smallest absolute Gasteiger partial charge is 0.310 e. The number of hydrogen-bond acceptors (Lipinski definition) is 5. The van der Waals surface area contributed by atoms with Crippen LogP contribution in [0.3, 0.4) is 0 Å². The molecule has 5 nitrogen and oxygen atoms in total. The van der Waals surface area contributed by atoms with Crippen LogP contribution in [0.5, 0.6) is 0 Å². The van der Waals surface area contributed by atoms with Crippen LogP contribution in [0, 0.1) is 5.92 Å². The number of ether oxygens (including phenoxy) is 1. The minimum absolute atomic E-state index is 0.178. The maximum Gasteiger partial charge on any atom is 0.310 e. The van der Waals surface area contributed by atoms with Crippen LogP contribution in [0.1, 0.15) is 18.4 Å². The first-order chi connectivity index (χ1) is 12.0. The van der Waals surface area contributed by atoms with Crippen molar-refractivity contribution in [3.8, 4) is 0 Å². The van der Waals surface area contributed by atoms with Gasteiger partial charge in [-0.05, 0) is 42.0 Å². The van der Waals surface area contributed by atoms with Crippen LogP contribution in [0.4, 0.5) is 0 Å². The summed E-state index contributed by atoms with van der Waals surface area (Å²) in [5, 5.41) is 1.74. The molecule has 0 spiro atoms. The van der Waals surface area contributed by atoms with E-state index in [9.17, 15) is 13.2 Å². The molecule has 1 fully saturated rings. The number of thiophene rings is 1. The number of hydrogen-bond donors (Lipinski definition) is 0. The number of carbonyl (C=O) groups excluding carboxylic acids is 1. The first kappa shape index (κ1) is 18.6. The predicted octanol–water partition coefficient (Wildman–Crippen LogP) is 3.65. The molecule has 2 heterocycles. The van der Waals surface area contributed by atoms with Crippen molar-refractivity contribution in [2.24, 2.45) is 5.92 Å². The van der Waals surface area contributed by atoms with Gasteiger partial charge in [0.05, 0.1) is 5.92 Å². The molecule has 134 valence electrons. The Morgan fingerprint density at radius 3 is 2.88 bits per heavy atom. The third-order valence-electron chi connectivity index (χ3n) is 4.08. The lowest BCUT2D eigenvalue weighted by atomic mass is 10.00. The van der Waals surface area contributed by atoms with E-state index in [0.717, 1.165) is 10.0 Å². The summed E-state index contributed by atoms with van der Waals surface area (Å²) in [5.41, 5.74) is 0.890. The number of sulfonamides is 1. The normalized spacial score (nSPS) is 18.8. The van der Waals surface area contributed by atoms with Crippen molar-refractivity contribution in [1.29, 1.82) is 0 Å². The molecule has 1 aliphatic heterocycles. The quantitative estimate of drug-likeness (QED) is 0.661. The molecule has 25 heavy (non-hydrogen) atoms. The van der Waals surface area contributed by atoms with Gasteiger partial charge in [0.15, 0.2) is 0 Å². The molecule has 1 saturated heterocycles. The fourth-order valence-corrected chi connectivity index (χ4v) is 5.90. The van der Waals surface area contributed by atoms with Gasteiger partial charge in [-0.2, -0.15) is 4.31 Å². The van der Waals surface area contributed by atoms with Crippen molar-refractivity contribution in [1.82, 2.24) is 4.31 Å². The van der Waals surface area contributed by atoms with Gasteiger partial charge in [0, 0.05) is 17.6 Å². The van der Waals surface area contributed by atoms with Gasteiger partial charge in [-0.15, -0.1) is 11.3 Å². The summed E-state index contributed by atoms with van der Waals surface area (Å²) >= 11 is 4.57. The number of carbonyl (C=O) groups is 1. The van der Waals surface area contributed by atoms with Crippen LogP contribution in [0.25, 0.3) is 0 Å². The monoisotopic (exact) mass is 443 g/mol. The van der Waals surface area contributed by atoms with Gasteiger partial charge >= 0.3 is 5.97 Å². The number of benzene rings is 1. The van der Waals surface area contributed by atoms with Crippen LogP contribution >= 0.6 is 27.3 Å². The Bertz CT molecular complexity index is 836. The molecule has 0 bridgehead atoms. The van der Waals surface area contributed by atoms with Crippen molar-refractivity contribution in [3.05, 3.63) is 51.8 Å². The second kappa shape index (κ2) is 7.99. The van der Waals surface area contributed by atoms with E-state index in [2.05, 4.69) is 15.9 Å². The number of rotatable bonds is 5. The summed E-state index contributed by atoms with van der Waals surface area (Å²) in [4.78, 5) is 12.4. The molecule has 0 N–H and O–H groups in total. The summed E-state index contributed by atoms with van der Waals surface area (Å²) < 4.78 is 33.3. The molecule has 8 heteroatoms. The molecular weight excluding hydrogens is 426 g/mol. The molecule has 1 atom stereocenters. The Kier molecular flexibility index (Phi) is 5.93. The van der Waals surface area contributed by atoms with Crippen molar-refractivity contribution in [2.45, 2.75) is 23.7 Å². The van der Waals surface area contributed by atoms with E-state index in [4.69, 9.17) is 4.74 Å². The average molecular weight is 444 g/mol. The predicted molar refractivity (Wildman–Crippen MR) is 99.7 cm³/mol. The number of nitrogens with zero attached hydrogens (tertiary/aromatic N) is 1. The van der Waals surface area contributed by atoms with Gasteiger partial charge in [-0.25, -0.2) is 8.42 Å². The molecule has 1 unspecified atom stereocenters. The lowest BCUT2D eigenvalue weighted by Gasteiger charge is -2.30. The largest absolute Gasteiger partial charge is 0.461 e. The molecule has 1 aliphatic rings. The van der Waals surface area contributed by atoms with Crippen molar-refractivity contribution in [2.75, 3.05) is 13.1 Å². The highest BCUT2D eigenvalue weighted by molar-refractivity contribution is 9.10. The first-order valence-corrected chi connectivity index (χ1v) is 11.0. The van der Waals surface area contributed by atoms with E-state index in [1.807, 2.05) is 24.3 Å². The lowest BCUT2D eigenvalue weighted by Crippen LogP contribution is -2.42. The topological polar surface area (TPSA) is 63.7 Å². The molecule has 2 aromatic rings. The van der Waals surface area contributed by atoms with Crippen molar-refractivity contribution in [3.63, 3.8) is 0 Å². The maximum atomic E-state index is 12.6. The summed E-state index contributed by atoms with van der Waals surface area (Å²) in [7, 11) is -3.52. The van der Waals surface area contributed by atoms with Crippen molar-refractivity contribution >= 4 is 43.3 Å². The molecule has 1 aromatic heterocycles. The van der Waals surface area contributed by atoms with E-state index in [1.165, 1.54) is 15.6 Å². The van der Waals surface area contributed by atoms with Gasteiger partial charge in [-0.1, -0.05) is 34.1 Å². The minimum Gasteiger partial charge on any atom is -0.461 e. The Morgan fingerprint density at radius 1 is 1.32 bits per heavy atom. The van der Waals surface area contributed by atoms with Crippen LogP contribution in [0.2, 0.25) is 0 Å². The van der Waals surface area contributed by atoms with E-state index >= 15 is 0 Å². The van der Waals surface area contributed by atoms with E-state index in [0.29, 0.717) is 23.6 Å². The first-order valence-electron chi connectivity index (χ1n) is 7.91. The maximum absolute atomic E-state index is 12.6. The molecule has 0 aliphatic carbocycles. The summed E-state index contributed by atoms with van der Waals surface area (Å²) in [6.07, 6.45) is 1.30. The molecule has 0 amide bonds. The molecule has 0 radical (unpaired) electrons. The summed E-state index contributed by atoms with van der Waals surface area (Å²) in [5.74, 6) is -0.762. The van der Waals surface area contributed by atoms with Crippen molar-refractivity contribution < 1.29 is 17.9 Å². The third-order valence-corrected chi connectivity index (χ3v) is 7.81.